The number of rotatable bonds is 6. The summed E-state index contributed by atoms with van der Waals surface area (Å²) in [6.45, 7) is 3.98. The maximum atomic E-state index is 13.1. The standard InChI is InChI=1S/C27H33N3O7/c1-17-12-21(31)19(20(17)15-30(34)35)14-24(32)29-11-8-27(16-29)6-9-28(10-7-27)26(33)23-13-18-4-3-5-22(36-2)25(18)37-23/h3-5,13,17,19-20H,6-12,14-16H2,1-2H3/t17-,19-,20+/m1/s1. The van der Waals surface area contributed by atoms with Crippen LogP contribution in [0.1, 0.15) is 49.6 Å². The monoisotopic (exact) mass is 511 g/mol. The Kier molecular flexibility index (Phi) is 6.68. The van der Waals surface area contributed by atoms with Crippen molar-refractivity contribution in [1.29, 1.82) is 0 Å². The largest absolute Gasteiger partial charge is 0.493 e. The number of carbonyl (C=O) groups excluding carboxylic acids is 3. The number of furan rings is 1. The summed E-state index contributed by atoms with van der Waals surface area (Å²) < 4.78 is 11.2. The number of ether oxygens (including phenoxy) is 1. The van der Waals surface area contributed by atoms with E-state index in [-0.39, 0.29) is 52.7 Å². The van der Waals surface area contributed by atoms with Crippen molar-refractivity contribution in [3.8, 4) is 5.75 Å². The van der Waals surface area contributed by atoms with Gasteiger partial charge in [-0.25, -0.2) is 0 Å². The lowest BCUT2D eigenvalue weighted by molar-refractivity contribution is -0.490. The lowest BCUT2D eigenvalue weighted by Crippen LogP contribution is -2.44. The van der Waals surface area contributed by atoms with E-state index >= 15 is 0 Å². The molecule has 0 radical (unpaired) electrons. The van der Waals surface area contributed by atoms with E-state index in [1.165, 1.54) is 0 Å². The first-order valence-electron chi connectivity index (χ1n) is 13.0. The van der Waals surface area contributed by atoms with Crippen LogP contribution in [0.4, 0.5) is 0 Å². The van der Waals surface area contributed by atoms with Gasteiger partial charge in [-0.05, 0) is 42.7 Å². The van der Waals surface area contributed by atoms with E-state index in [2.05, 4.69) is 0 Å². The molecule has 1 aromatic heterocycles. The molecule has 2 amide bonds. The molecule has 10 nitrogen and oxygen atoms in total. The van der Waals surface area contributed by atoms with E-state index in [1.807, 2.05) is 24.0 Å². The molecular weight excluding hydrogens is 478 g/mol. The average Bonchev–Trinajstić information content (AvgIpc) is 3.56. The van der Waals surface area contributed by atoms with Crippen LogP contribution in [0.2, 0.25) is 0 Å². The van der Waals surface area contributed by atoms with Crippen molar-refractivity contribution < 1.29 is 28.5 Å². The molecule has 10 heteroatoms. The van der Waals surface area contributed by atoms with Gasteiger partial charge in [-0.3, -0.25) is 24.5 Å². The third kappa shape index (κ3) is 4.81. The minimum absolute atomic E-state index is 0.0309. The third-order valence-electron chi connectivity index (χ3n) is 8.78. The van der Waals surface area contributed by atoms with Crippen LogP contribution >= 0.6 is 0 Å². The molecule has 1 saturated carbocycles. The van der Waals surface area contributed by atoms with Crippen LogP contribution in [0.15, 0.2) is 28.7 Å². The number of nitrogens with zero attached hydrogens (tertiary/aromatic N) is 3. The quantitative estimate of drug-likeness (QED) is 0.430. The number of ketones is 1. The summed E-state index contributed by atoms with van der Waals surface area (Å²) in [5.74, 6) is -0.410. The van der Waals surface area contributed by atoms with Gasteiger partial charge >= 0.3 is 0 Å². The molecule has 3 atom stereocenters. The molecule has 3 fully saturated rings. The summed E-state index contributed by atoms with van der Waals surface area (Å²) in [5.41, 5.74) is 0.513. The van der Waals surface area contributed by atoms with Gasteiger partial charge in [0.05, 0.1) is 7.11 Å². The van der Waals surface area contributed by atoms with Crippen molar-refractivity contribution in [2.45, 2.75) is 39.0 Å². The highest BCUT2D eigenvalue weighted by Gasteiger charge is 2.47. The number of hydrogen-bond acceptors (Lipinski definition) is 7. The maximum absolute atomic E-state index is 13.1. The van der Waals surface area contributed by atoms with Crippen LogP contribution in [0.5, 0.6) is 5.75 Å². The molecule has 2 aliphatic heterocycles. The lowest BCUT2D eigenvalue weighted by Gasteiger charge is -2.39. The molecule has 0 bridgehead atoms. The van der Waals surface area contributed by atoms with Crippen molar-refractivity contribution in [3.05, 3.63) is 40.1 Å². The average molecular weight is 512 g/mol. The summed E-state index contributed by atoms with van der Waals surface area (Å²) in [4.78, 5) is 53.1. The normalized spacial score (nSPS) is 25.2. The van der Waals surface area contributed by atoms with E-state index in [1.54, 1.807) is 24.1 Å². The number of nitro groups is 1. The van der Waals surface area contributed by atoms with Gasteiger partial charge in [-0.1, -0.05) is 19.1 Å². The molecule has 1 aromatic carbocycles. The van der Waals surface area contributed by atoms with E-state index in [9.17, 15) is 24.5 Å². The summed E-state index contributed by atoms with van der Waals surface area (Å²) in [7, 11) is 1.57. The molecule has 198 valence electrons. The second-order valence-electron chi connectivity index (χ2n) is 11.0. The SMILES string of the molecule is COc1cccc2cc(C(=O)N3CCC4(CCN(C(=O)C[C@H]5C(=O)C[C@@H](C)[C@@H]5C[N+](=O)[O-])C4)CC3)oc12. The number of hydrogen-bond donors (Lipinski definition) is 0. The molecule has 1 spiro atoms. The van der Waals surface area contributed by atoms with Crippen LogP contribution < -0.4 is 4.74 Å². The van der Waals surface area contributed by atoms with Gasteiger partial charge in [0.2, 0.25) is 12.5 Å². The summed E-state index contributed by atoms with van der Waals surface area (Å²) in [6, 6.07) is 7.28. The zero-order valence-corrected chi connectivity index (χ0v) is 21.3. The van der Waals surface area contributed by atoms with E-state index < -0.39 is 5.92 Å². The smallest absolute Gasteiger partial charge is 0.289 e. The summed E-state index contributed by atoms with van der Waals surface area (Å²) in [6.07, 6.45) is 2.79. The van der Waals surface area contributed by atoms with Gasteiger partial charge in [0.25, 0.3) is 5.91 Å². The molecule has 3 aliphatic rings. The number of benzene rings is 1. The van der Waals surface area contributed by atoms with Gasteiger partial charge in [-0.2, -0.15) is 0 Å². The summed E-state index contributed by atoms with van der Waals surface area (Å²) >= 11 is 0. The molecule has 37 heavy (non-hydrogen) atoms. The van der Waals surface area contributed by atoms with Crippen LogP contribution in [0.3, 0.4) is 0 Å². The number of carbonyl (C=O) groups is 3. The van der Waals surface area contributed by atoms with Crippen molar-refractivity contribution in [1.82, 2.24) is 9.80 Å². The molecule has 5 rings (SSSR count). The van der Waals surface area contributed by atoms with Crippen LogP contribution in [-0.4, -0.2) is 72.2 Å². The number of Topliss-reactive ketones (excluding diaryl/α,β-unsaturated/α-hetero) is 1. The number of fused-ring (bicyclic) bond motifs is 1. The number of methoxy groups -OCH3 is 1. The van der Waals surface area contributed by atoms with Gasteiger partial charge in [0.1, 0.15) is 5.78 Å². The maximum Gasteiger partial charge on any atom is 0.289 e. The van der Waals surface area contributed by atoms with Gasteiger partial charge < -0.3 is 19.0 Å². The number of para-hydroxylation sites is 1. The van der Waals surface area contributed by atoms with Crippen molar-refractivity contribution in [2.24, 2.45) is 23.2 Å². The Morgan fingerprint density at radius 3 is 2.57 bits per heavy atom. The van der Waals surface area contributed by atoms with Gasteiger partial charge in [0, 0.05) is 61.2 Å². The highest BCUT2D eigenvalue weighted by Crippen LogP contribution is 2.42. The van der Waals surface area contributed by atoms with Crippen molar-refractivity contribution in [3.63, 3.8) is 0 Å². The zero-order valence-electron chi connectivity index (χ0n) is 21.3. The molecular formula is C27H33N3O7. The molecule has 1 aliphatic carbocycles. The molecule has 0 unspecified atom stereocenters. The fourth-order valence-corrected chi connectivity index (χ4v) is 6.52. The predicted molar refractivity (Wildman–Crippen MR) is 134 cm³/mol. The topological polar surface area (TPSA) is 123 Å². The Morgan fingerprint density at radius 2 is 1.89 bits per heavy atom. The van der Waals surface area contributed by atoms with Gasteiger partial charge in [-0.15, -0.1) is 0 Å². The molecule has 2 aromatic rings. The zero-order chi connectivity index (χ0) is 26.3. The van der Waals surface area contributed by atoms with Crippen LogP contribution in [0, 0.1) is 33.3 Å². The van der Waals surface area contributed by atoms with Crippen molar-refractivity contribution >= 4 is 28.6 Å². The minimum Gasteiger partial charge on any atom is -0.493 e. The fourth-order valence-electron chi connectivity index (χ4n) is 6.52. The van der Waals surface area contributed by atoms with Crippen LogP contribution in [0.25, 0.3) is 11.0 Å². The second-order valence-corrected chi connectivity index (χ2v) is 11.0. The second kappa shape index (κ2) is 9.79. The Bertz CT molecular complexity index is 1230. The lowest BCUT2D eigenvalue weighted by atomic mass is 9.77. The van der Waals surface area contributed by atoms with E-state index in [0.717, 1.165) is 24.6 Å². The Balaban J connectivity index is 1.18. The Labute approximate surface area is 215 Å². The van der Waals surface area contributed by atoms with E-state index in [4.69, 9.17) is 9.15 Å². The molecule has 3 heterocycles. The first-order chi connectivity index (χ1) is 17.7. The van der Waals surface area contributed by atoms with Crippen LogP contribution in [-0.2, 0) is 9.59 Å². The highest BCUT2D eigenvalue weighted by molar-refractivity contribution is 5.97. The molecule has 0 N–H and O–H groups in total. The number of likely N-dealkylation sites (tertiary alicyclic amines) is 2. The third-order valence-corrected chi connectivity index (χ3v) is 8.78. The Morgan fingerprint density at radius 1 is 1.19 bits per heavy atom. The Hall–Kier alpha value is -3.43. The van der Waals surface area contributed by atoms with E-state index in [0.29, 0.717) is 49.7 Å². The summed E-state index contributed by atoms with van der Waals surface area (Å²) in [5, 5.41) is 11.9. The highest BCUT2D eigenvalue weighted by atomic mass is 16.6. The fraction of sp³-hybridized carbons (Fsp3) is 0.593. The predicted octanol–water partition coefficient (Wildman–Crippen LogP) is 3.40. The number of piperidine rings is 1. The first kappa shape index (κ1) is 25.2. The molecule has 2 saturated heterocycles. The van der Waals surface area contributed by atoms with Gasteiger partial charge in [0.15, 0.2) is 17.1 Å². The van der Waals surface area contributed by atoms with Crippen molar-refractivity contribution in [2.75, 3.05) is 39.8 Å². The number of amides is 2. The minimum atomic E-state index is -0.564. The first-order valence-corrected chi connectivity index (χ1v) is 13.0.